The molecule has 9 nitrogen and oxygen atoms in total. The van der Waals surface area contributed by atoms with Crippen LogP contribution in [0.25, 0.3) is 17.0 Å². The molecule has 166 valence electrons. The topological polar surface area (TPSA) is 109 Å². The number of fused-ring (bicyclic) bond motifs is 1. The van der Waals surface area contributed by atoms with E-state index in [9.17, 15) is 4.21 Å². The average molecular weight is 444 g/mol. The summed E-state index contributed by atoms with van der Waals surface area (Å²) in [5, 5.41) is 2.64. The minimum Gasteiger partial charge on any atom is -0.377 e. The van der Waals surface area contributed by atoms with Gasteiger partial charge in [-0.15, -0.1) is 0 Å². The Morgan fingerprint density at radius 1 is 1.32 bits per heavy atom. The molecule has 1 aliphatic heterocycles. The van der Waals surface area contributed by atoms with Crippen molar-refractivity contribution in [2.45, 2.75) is 31.6 Å². The summed E-state index contributed by atoms with van der Waals surface area (Å²) in [7, 11) is -1.04. The van der Waals surface area contributed by atoms with Crippen molar-refractivity contribution in [1.82, 2.24) is 19.5 Å². The smallest absolute Gasteiger partial charge is 0.239 e. The molecule has 3 atom stereocenters. The van der Waals surface area contributed by atoms with Gasteiger partial charge in [-0.05, 0) is 25.5 Å². The summed E-state index contributed by atoms with van der Waals surface area (Å²) >= 11 is 0. The number of imidazole rings is 1. The largest absolute Gasteiger partial charge is 0.377 e. The Morgan fingerprint density at radius 2 is 2.10 bits per heavy atom. The summed E-state index contributed by atoms with van der Waals surface area (Å²) in [5.74, 6) is 1.82. The second-order valence-corrected chi connectivity index (χ2v) is 10.3. The molecular weight excluding hydrogens is 414 g/mol. The van der Waals surface area contributed by atoms with Gasteiger partial charge in [-0.3, -0.25) is 4.78 Å². The van der Waals surface area contributed by atoms with Crippen LogP contribution in [0, 0.1) is 4.78 Å². The maximum Gasteiger partial charge on any atom is 0.239 e. The van der Waals surface area contributed by atoms with Gasteiger partial charge in [0, 0.05) is 35.6 Å². The quantitative estimate of drug-likeness (QED) is 0.602. The lowest BCUT2D eigenvalue weighted by Gasteiger charge is -2.34. The van der Waals surface area contributed by atoms with E-state index in [-0.39, 0.29) is 6.04 Å². The zero-order chi connectivity index (χ0) is 22.2. The third-order valence-electron chi connectivity index (χ3n) is 5.61. The van der Waals surface area contributed by atoms with Crippen LogP contribution in [0.4, 0.5) is 11.8 Å². The van der Waals surface area contributed by atoms with E-state index < -0.39 is 15.0 Å². The minimum absolute atomic E-state index is 0.148. The number of hydrogen-bond acceptors (Lipinski definition) is 8. The average Bonchev–Trinajstić information content (AvgIpc) is 3.12. The van der Waals surface area contributed by atoms with Gasteiger partial charge >= 0.3 is 0 Å². The Bertz CT molecular complexity index is 1190. The third kappa shape index (κ3) is 4.09. The van der Waals surface area contributed by atoms with Crippen LogP contribution in [0.3, 0.4) is 0 Å². The van der Waals surface area contributed by atoms with Crippen LogP contribution < -0.4 is 10.2 Å². The van der Waals surface area contributed by atoms with E-state index >= 15 is 0 Å². The first-order chi connectivity index (χ1) is 14.8. The van der Waals surface area contributed by atoms with E-state index in [0.29, 0.717) is 43.8 Å². The highest BCUT2D eigenvalue weighted by Crippen LogP contribution is 2.30. The van der Waals surface area contributed by atoms with Crippen LogP contribution >= 0.6 is 0 Å². The van der Waals surface area contributed by atoms with Gasteiger partial charge in [0.25, 0.3) is 0 Å². The second kappa shape index (κ2) is 8.43. The van der Waals surface area contributed by atoms with Gasteiger partial charge in [-0.25, -0.2) is 18.7 Å². The molecule has 1 unspecified atom stereocenters. The van der Waals surface area contributed by atoms with E-state index in [1.807, 2.05) is 48.9 Å². The molecule has 0 spiro atoms. The predicted octanol–water partition coefficient (Wildman–Crippen LogP) is 3.21. The van der Waals surface area contributed by atoms with Crippen molar-refractivity contribution in [3.8, 4) is 5.95 Å². The van der Waals surface area contributed by atoms with E-state index in [0.717, 1.165) is 16.9 Å². The molecule has 0 amide bonds. The highest BCUT2D eigenvalue weighted by atomic mass is 32.2. The van der Waals surface area contributed by atoms with Gasteiger partial charge in [0.15, 0.2) is 0 Å². The second-order valence-electron chi connectivity index (χ2n) is 7.88. The Labute approximate surface area is 182 Å². The van der Waals surface area contributed by atoms with Gasteiger partial charge in [0.05, 0.1) is 41.2 Å². The molecule has 0 radical (unpaired) electrons. The molecule has 1 fully saturated rings. The molecule has 0 bridgehead atoms. The summed E-state index contributed by atoms with van der Waals surface area (Å²) in [6.07, 6.45) is 2.03. The number of ether oxygens (including phenoxy) is 1. The fourth-order valence-corrected chi connectivity index (χ4v) is 5.29. The lowest BCUT2D eigenvalue weighted by Crippen LogP contribution is -2.44. The molecule has 10 heteroatoms. The number of para-hydroxylation sites is 2. The number of nitrogens with zero attached hydrogens (tertiary/aromatic N) is 5. The predicted molar refractivity (Wildman–Crippen MR) is 124 cm³/mol. The minimum atomic E-state index is -2.85. The van der Waals surface area contributed by atoms with Crippen molar-refractivity contribution in [3.63, 3.8) is 0 Å². The van der Waals surface area contributed by atoms with Crippen molar-refractivity contribution in [1.29, 1.82) is 4.78 Å². The zero-order valence-electron chi connectivity index (χ0n) is 18.3. The van der Waals surface area contributed by atoms with Crippen molar-refractivity contribution in [2.24, 2.45) is 0 Å². The summed E-state index contributed by atoms with van der Waals surface area (Å²) in [6, 6.07) is 9.84. The zero-order valence-corrected chi connectivity index (χ0v) is 19.1. The number of aromatic nitrogens is 4. The Balaban J connectivity index is 1.96. The number of morpholine rings is 1. The lowest BCUT2D eigenvalue weighted by molar-refractivity contribution is 0.0985. The molecule has 1 aromatic carbocycles. The van der Waals surface area contributed by atoms with E-state index in [1.54, 1.807) is 0 Å². The number of hydrogen-bond donors (Lipinski definition) is 2. The monoisotopic (exact) mass is 443 g/mol. The maximum absolute atomic E-state index is 12.7. The summed E-state index contributed by atoms with van der Waals surface area (Å²) in [5.41, 5.74) is 2.32. The maximum atomic E-state index is 12.7. The highest BCUT2D eigenvalue weighted by Gasteiger charge is 2.27. The van der Waals surface area contributed by atoms with Crippen LogP contribution in [0.15, 0.2) is 30.3 Å². The molecule has 1 aliphatic rings. The summed E-state index contributed by atoms with van der Waals surface area (Å²) < 4.78 is 28.5. The van der Waals surface area contributed by atoms with Crippen LogP contribution in [-0.2, 0) is 14.5 Å². The SMILES string of the molecule is CCC(c1cc(N2CCOC[C@H]2C)nc(-n2c(NC)nc3ccccc32)n1)[S@@](C)(=N)=O. The molecule has 0 aliphatic carbocycles. The highest BCUT2D eigenvalue weighted by molar-refractivity contribution is 7.91. The van der Waals surface area contributed by atoms with Gasteiger partial charge in [-0.2, -0.15) is 4.98 Å². The molecule has 2 aromatic heterocycles. The number of rotatable bonds is 6. The van der Waals surface area contributed by atoms with E-state index in [2.05, 4.69) is 22.1 Å². The molecule has 2 N–H and O–H groups in total. The van der Waals surface area contributed by atoms with Crippen LogP contribution in [0.5, 0.6) is 0 Å². The molecule has 1 saturated heterocycles. The van der Waals surface area contributed by atoms with Crippen LogP contribution in [0.2, 0.25) is 0 Å². The standard InChI is InChI=1S/C21H29N7O2S/c1-5-18(31(4,22)29)16-12-19(27-10-11-30-13-14(27)2)26-21(25-16)28-17-9-7-6-8-15(17)24-20(28)23-3/h6-9,12,14,18,22H,5,10-11,13H2,1-4H3,(H,23,24)/t14-,18?,31+/m1/s1. The Kier molecular flexibility index (Phi) is 5.85. The first-order valence-corrected chi connectivity index (χ1v) is 12.5. The molecule has 4 rings (SSSR count). The van der Waals surface area contributed by atoms with Crippen LogP contribution in [-0.4, -0.2) is 62.8 Å². The van der Waals surface area contributed by atoms with Gasteiger partial charge in [0.2, 0.25) is 11.9 Å². The molecule has 0 saturated carbocycles. The number of anilines is 2. The van der Waals surface area contributed by atoms with Gasteiger partial charge < -0.3 is 15.0 Å². The fraction of sp³-hybridized carbons (Fsp3) is 0.476. The van der Waals surface area contributed by atoms with E-state index in [4.69, 9.17) is 19.5 Å². The van der Waals surface area contributed by atoms with Crippen molar-refractivity contribution in [3.05, 3.63) is 36.0 Å². The molecular formula is C21H29N7O2S. The number of nitrogens with one attached hydrogen (secondary N) is 2. The summed E-state index contributed by atoms with van der Waals surface area (Å²) in [6.45, 7) is 5.98. The first kappa shape index (κ1) is 21.5. The molecule has 3 heterocycles. The summed E-state index contributed by atoms with van der Waals surface area (Å²) in [4.78, 5) is 16.5. The fourth-order valence-electron chi connectivity index (χ4n) is 4.07. The van der Waals surface area contributed by atoms with Crippen LogP contribution in [0.1, 0.15) is 31.2 Å². The first-order valence-electron chi connectivity index (χ1n) is 10.4. The third-order valence-corrected chi connectivity index (χ3v) is 7.27. The van der Waals surface area contributed by atoms with Crippen molar-refractivity contribution < 1.29 is 8.95 Å². The lowest BCUT2D eigenvalue weighted by atomic mass is 10.2. The normalized spacial score (nSPS) is 19.9. The Hall–Kier alpha value is -2.72. The van der Waals surface area contributed by atoms with Crippen molar-refractivity contribution >= 4 is 32.5 Å². The van der Waals surface area contributed by atoms with Crippen molar-refractivity contribution in [2.75, 3.05) is 43.3 Å². The number of benzene rings is 1. The molecule has 31 heavy (non-hydrogen) atoms. The van der Waals surface area contributed by atoms with Gasteiger partial charge in [0.1, 0.15) is 5.82 Å². The van der Waals surface area contributed by atoms with E-state index in [1.165, 1.54) is 6.26 Å². The molecule has 3 aromatic rings. The van der Waals surface area contributed by atoms with Gasteiger partial charge in [-0.1, -0.05) is 19.1 Å². The Morgan fingerprint density at radius 3 is 2.77 bits per heavy atom.